The highest BCUT2D eigenvalue weighted by molar-refractivity contribution is 5.49. The largest absolute Gasteiger partial charge is 0.375 e. The third kappa shape index (κ3) is 2.58. The Morgan fingerprint density at radius 1 is 1.30 bits per heavy atom. The van der Waals surface area contributed by atoms with E-state index in [9.17, 15) is 0 Å². The maximum atomic E-state index is 4.53. The number of hydrogen-bond acceptors (Lipinski definition) is 2. The first kappa shape index (κ1) is 13.2. The Morgan fingerprint density at radius 2 is 2.15 bits per heavy atom. The van der Waals surface area contributed by atoms with E-state index in [0.29, 0.717) is 6.04 Å². The smallest absolute Gasteiger partial charge is 0.0853 e. The lowest BCUT2D eigenvalue weighted by molar-refractivity contribution is 0.643. The van der Waals surface area contributed by atoms with E-state index >= 15 is 0 Å². The van der Waals surface area contributed by atoms with Gasteiger partial charge in [-0.2, -0.15) is 5.10 Å². The van der Waals surface area contributed by atoms with Crippen LogP contribution in [0.25, 0.3) is 0 Å². The zero-order valence-corrected chi connectivity index (χ0v) is 12.4. The molecular formula is C17H23N3. The molecular weight excluding hydrogens is 246 g/mol. The van der Waals surface area contributed by atoms with Gasteiger partial charge in [0.05, 0.1) is 17.4 Å². The molecule has 1 N–H and O–H groups in total. The molecule has 106 valence electrons. The van der Waals surface area contributed by atoms with E-state index in [1.807, 2.05) is 11.7 Å². The molecule has 0 radical (unpaired) electrons. The topological polar surface area (TPSA) is 29.9 Å². The van der Waals surface area contributed by atoms with Crippen LogP contribution in [-0.2, 0) is 19.9 Å². The molecule has 0 fully saturated rings. The molecule has 1 aliphatic rings. The highest BCUT2D eigenvalue weighted by atomic mass is 15.3. The standard InChI is InChI=1S/C17H23N3/c1-3-15-17(12-20(2)19-15)18-16-11-7-5-9-13-8-4-6-10-14(13)16/h4,6,8,10,12,16,18H,3,5,7,9,11H2,1-2H3. The number of rotatable bonds is 3. The number of nitrogens with one attached hydrogen (secondary N) is 1. The molecule has 1 aromatic carbocycles. The Labute approximate surface area is 121 Å². The molecule has 1 aromatic heterocycles. The van der Waals surface area contributed by atoms with Gasteiger partial charge in [0.2, 0.25) is 0 Å². The monoisotopic (exact) mass is 269 g/mol. The summed E-state index contributed by atoms with van der Waals surface area (Å²) in [7, 11) is 1.99. The van der Waals surface area contributed by atoms with Crippen molar-refractivity contribution in [2.75, 3.05) is 5.32 Å². The molecule has 1 unspecified atom stereocenters. The first-order valence-electron chi connectivity index (χ1n) is 7.64. The summed E-state index contributed by atoms with van der Waals surface area (Å²) < 4.78 is 1.91. The molecule has 3 heteroatoms. The van der Waals surface area contributed by atoms with Gasteiger partial charge in [-0.3, -0.25) is 4.68 Å². The van der Waals surface area contributed by atoms with Crippen molar-refractivity contribution in [2.24, 2.45) is 7.05 Å². The molecule has 0 aliphatic heterocycles. The van der Waals surface area contributed by atoms with Gasteiger partial charge in [0.1, 0.15) is 0 Å². The van der Waals surface area contributed by atoms with Crippen LogP contribution in [-0.4, -0.2) is 9.78 Å². The molecule has 1 atom stereocenters. The lowest BCUT2D eigenvalue weighted by Gasteiger charge is -2.20. The van der Waals surface area contributed by atoms with Crippen LogP contribution in [0.2, 0.25) is 0 Å². The summed E-state index contributed by atoms with van der Waals surface area (Å²) in [5.74, 6) is 0. The Bertz CT molecular complexity index is 586. The van der Waals surface area contributed by atoms with Crippen molar-refractivity contribution < 1.29 is 0 Å². The predicted molar refractivity (Wildman–Crippen MR) is 82.9 cm³/mol. The fourth-order valence-electron chi connectivity index (χ4n) is 3.18. The van der Waals surface area contributed by atoms with Gasteiger partial charge in [0.15, 0.2) is 0 Å². The Kier molecular flexibility index (Phi) is 3.77. The quantitative estimate of drug-likeness (QED) is 0.857. The zero-order valence-electron chi connectivity index (χ0n) is 12.4. The number of fused-ring (bicyclic) bond motifs is 1. The average Bonchev–Trinajstić information content (AvgIpc) is 2.69. The molecule has 3 nitrogen and oxygen atoms in total. The SMILES string of the molecule is CCc1nn(C)cc1NC1CCCCc2ccccc21. The maximum Gasteiger partial charge on any atom is 0.0853 e. The second-order valence-corrected chi connectivity index (χ2v) is 5.66. The number of nitrogens with zero attached hydrogens (tertiary/aromatic N) is 2. The van der Waals surface area contributed by atoms with Gasteiger partial charge in [0.25, 0.3) is 0 Å². The fraction of sp³-hybridized carbons (Fsp3) is 0.471. The third-order valence-electron chi connectivity index (χ3n) is 4.19. The maximum absolute atomic E-state index is 4.53. The number of aryl methyl sites for hydroxylation is 3. The number of benzene rings is 1. The van der Waals surface area contributed by atoms with Gasteiger partial charge in [0, 0.05) is 13.2 Å². The Morgan fingerprint density at radius 3 is 3.00 bits per heavy atom. The van der Waals surface area contributed by atoms with Crippen LogP contribution in [0, 0.1) is 0 Å². The second kappa shape index (κ2) is 5.70. The van der Waals surface area contributed by atoms with Crippen molar-refractivity contribution in [3.63, 3.8) is 0 Å². The van der Waals surface area contributed by atoms with Crippen LogP contribution in [0.4, 0.5) is 5.69 Å². The number of anilines is 1. The van der Waals surface area contributed by atoms with Crippen LogP contribution in [0.1, 0.15) is 49.0 Å². The summed E-state index contributed by atoms with van der Waals surface area (Å²) in [5, 5.41) is 8.26. The van der Waals surface area contributed by atoms with E-state index in [1.165, 1.54) is 42.5 Å². The van der Waals surface area contributed by atoms with Crippen LogP contribution in [0.5, 0.6) is 0 Å². The Hall–Kier alpha value is -1.77. The summed E-state index contributed by atoms with van der Waals surface area (Å²) in [6.45, 7) is 2.16. The number of aromatic nitrogens is 2. The summed E-state index contributed by atoms with van der Waals surface area (Å²) in [5.41, 5.74) is 5.33. The van der Waals surface area contributed by atoms with Gasteiger partial charge < -0.3 is 5.32 Å². The molecule has 0 amide bonds. The van der Waals surface area contributed by atoms with Gasteiger partial charge >= 0.3 is 0 Å². The number of hydrogen-bond donors (Lipinski definition) is 1. The van der Waals surface area contributed by atoms with Crippen molar-refractivity contribution in [2.45, 2.75) is 45.1 Å². The first-order valence-corrected chi connectivity index (χ1v) is 7.64. The molecule has 20 heavy (non-hydrogen) atoms. The van der Waals surface area contributed by atoms with Gasteiger partial charge in [-0.15, -0.1) is 0 Å². The minimum absolute atomic E-state index is 0.420. The highest BCUT2D eigenvalue weighted by Crippen LogP contribution is 2.32. The van der Waals surface area contributed by atoms with Crippen LogP contribution in [0.3, 0.4) is 0 Å². The minimum atomic E-state index is 0.420. The molecule has 0 bridgehead atoms. The van der Waals surface area contributed by atoms with Crippen molar-refractivity contribution >= 4 is 5.69 Å². The molecule has 0 spiro atoms. The normalized spacial score (nSPS) is 18.4. The predicted octanol–water partition coefficient (Wildman–Crippen LogP) is 3.86. The van der Waals surface area contributed by atoms with E-state index in [2.05, 4.69) is 47.8 Å². The molecule has 3 rings (SSSR count). The first-order chi connectivity index (χ1) is 9.78. The van der Waals surface area contributed by atoms with Gasteiger partial charge in [-0.1, -0.05) is 37.6 Å². The zero-order chi connectivity index (χ0) is 13.9. The van der Waals surface area contributed by atoms with E-state index in [4.69, 9.17) is 0 Å². The van der Waals surface area contributed by atoms with E-state index in [-0.39, 0.29) is 0 Å². The Balaban J connectivity index is 1.90. The molecule has 0 saturated heterocycles. The summed E-state index contributed by atoms with van der Waals surface area (Å²) in [6.07, 6.45) is 8.07. The van der Waals surface area contributed by atoms with Crippen LogP contribution in [0.15, 0.2) is 30.5 Å². The van der Waals surface area contributed by atoms with E-state index in [1.54, 1.807) is 0 Å². The second-order valence-electron chi connectivity index (χ2n) is 5.66. The van der Waals surface area contributed by atoms with Gasteiger partial charge in [-0.25, -0.2) is 0 Å². The summed E-state index contributed by atoms with van der Waals surface area (Å²) in [4.78, 5) is 0. The highest BCUT2D eigenvalue weighted by Gasteiger charge is 2.19. The third-order valence-corrected chi connectivity index (χ3v) is 4.19. The fourth-order valence-corrected chi connectivity index (χ4v) is 3.18. The molecule has 2 aromatic rings. The molecule has 1 aliphatic carbocycles. The average molecular weight is 269 g/mol. The van der Waals surface area contributed by atoms with Crippen molar-refractivity contribution in [1.29, 1.82) is 0 Å². The summed E-state index contributed by atoms with van der Waals surface area (Å²) in [6, 6.07) is 9.29. The van der Waals surface area contributed by atoms with Crippen molar-refractivity contribution in [3.05, 3.63) is 47.3 Å². The van der Waals surface area contributed by atoms with Crippen LogP contribution >= 0.6 is 0 Å². The summed E-state index contributed by atoms with van der Waals surface area (Å²) >= 11 is 0. The van der Waals surface area contributed by atoms with Gasteiger partial charge in [-0.05, 0) is 36.8 Å². The lowest BCUT2D eigenvalue weighted by Crippen LogP contribution is -2.11. The molecule has 0 saturated carbocycles. The van der Waals surface area contributed by atoms with Crippen LogP contribution < -0.4 is 5.32 Å². The van der Waals surface area contributed by atoms with Crippen molar-refractivity contribution in [1.82, 2.24) is 9.78 Å². The lowest BCUT2D eigenvalue weighted by atomic mass is 9.99. The van der Waals surface area contributed by atoms with E-state index < -0.39 is 0 Å². The minimum Gasteiger partial charge on any atom is -0.375 e. The van der Waals surface area contributed by atoms with Crippen molar-refractivity contribution in [3.8, 4) is 0 Å². The molecule has 1 heterocycles. The van der Waals surface area contributed by atoms with E-state index in [0.717, 1.165) is 12.1 Å².